The number of likely N-dealkylation sites (N-methyl/N-ethyl adjacent to an activating group) is 1. The molecule has 0 saturated carbocycles. The van der Waals surface area contributed by atoms with Gasteiger partial charge in [-0.05, 0) is 50.4 Å². The number of rotatable bonds is 3. The van der Waals surface area contributed by atoms with Crippen LogP contribution in [-0.4, -0.2) is 50.5 Å². The summed E-state index contributed by atoms with van der Waals surface area (Å²) in [4.78, 5) is 4.98. The normalized spacial score (nSPS) is 16.3. The molecule has 0 atom stereocenters. The van der Waals surface area contributed by atoms with Crippen LogP contribution in [0.3, 0.4) is 0 Å². The molecule has 0 bridgehead atoms. The first kappa shape index (κ1) is 17.1. The van der Waals surface area contributed by atoms with Gasteiger partial charge in [-0.1, -0.05) is 17.7 Å². The fourth-order valence-corrected chi connectivity index (χ4v) is 4.75. The Bertz CT molecular complexity index is 1030. The second-order valence-electron chi connectivity index (χ2n) is 6.96. The first-order valence-electron chi connectivity index (χ1n) is 8.82. The molecule has 3 aromatic rings. The molecule has 5 nitrogen and oxygen atoms in total. The SMILES string of the molecule is Cc1ccc(S(=O)(=O)n2ccc3cc(N4CCN(C)CC4)ccc32)cc1. The van der Waals surface area contributed by atoms with Crippen molar-refractivity contribution in [3.63, 3.8) is 0 Å². The predicted octanol–water partition coefficient (Wildman–Crippen LogP) is 2.94. The summed E-state index contributed by atoms with van der Waals surface area (Å²) in [6, 6.07) is 14.9. The number of fused-ring (bicyclic) bond motifs is 1. The highest BCUT2D eigenvalue weighted by Crippen LogP contribution is 2.27. The molecule has 2 aromatic carbocycles. The maximum atomic E-state index is 13.0. The van der Waals surface area contributed by atoms with Crippen LogP contribution in [0.5, 0.6) is 0 Å². The van der Waals surface area contributed by atoms with Gasteiger partial charge in [-0.25, -0.2) is 12.4 Å². The second-order valence-corrected chi connectivity index (χ2v) is 8.78. The van der Waals surface area contributed by atoms with Gasteiger partial charge in [0.1, 0.15) is 0 Å². The Morgan fingerprint density at radius 3 is 2.27 bits per heavy atom. The molecule has 6 heteroatoms. The van der Waals surface area contributed by atoms with E-state index in [1.54, 1.807) is 18.3 Å². The number of nitrogens with zero attached hydrogens (tertiary/aromatic N) is 3. The van der Waals surface area contributed by atoms with Crippen molar-refractivity contribution in [3.05, 3.63) is 60.3 Å². The molecule has 1 aromatic heterocycles. The van der Waals surface area contributed by atoms with Crippen LogP contribution in [0.15, 0.2) is 59.6 Å². The third-order valence-electron chi connectivity index (χ3n) is 5.08. The van der Waals surface area contributed by atoms with E-state index in [-0.39, 0.29) is 0 Å². The first-order valence-corrected chi connectivity index (χ1v) is 10.3. The van der Waals surface area contributed by atoms with E-state index in [0.29, 0.717) is 10.4 Å². The zero-order valence-electron chi connectivity index (χ0n) is 15.1. The Morgan fingerprint density at radius 2 is 1.58 bits per heavy atom. The third kappa shape index (κ3) is 2.99. The minimum absolute atomic E-state index is 0.309. The molecule has 2 heterocycles. The van der Waals surface area contributed by atoms with Gasteiger partial charge in [0, 0.05) is 43.4 Å². The fraction of sp³-hybridized carbons (Fsp3) is 0.300. The minimum atomic E-state index is -3.59. The van der Waals surface area contributed by atoms with Crippen molar-refractivity contribution < 1.29 is 8.42 Å². The lowest BCUT2D eigenvalue weighted by molar-refractivity contribution is 0.313. The lowest BCUT2D eigenvalue weighted by Crippen LogP contribution is -2.44. The predicted molar refractivity (Wildman–Crippen MR) is 105 cm³/mol. The molecule has 0 spiro atoms. The van der Waals surface area contributed by atoms with E-state index in [2.05, 4.69) is 22.9 Å². The largest absolute Gasteiger partial charge is 0.369 e. The molecule has 26 heavy (non-hydrogen) atoms. The van der Waals surface area contributed by atoms with Crippen LogP contribution in [0.25, 0.3) is 10.9 Å². The van der Waals surface area contributed by atoms with Crippen molar-refractivity contribution in [3.8, 4) is 0 Å². The van der Waals surface area contributed by atoms with Crippen molar-refractivity contribution in [2.24, 2.45) is 0 Å². The van der Waals surface area contributed by atoms with Crippen LogP contribution < -0.4 is 4.90 Å². The number of aryl methyl sites for hydroxylation is 1. The number of aromatic nitrogens is 1. The molecule has 0 aliphatic carbocycles. The molecule has 136 valence electrons. The molecular formula is C20H23N3O2S. The van der Waals surface area contributed by atoms with E-state index < -0.39 is 10.0 Å². The zero-order chi connectivity index (χ0) is 18.3. The maximum Gasteiger partial charge on any atom is 0.268 e. The highest BCUT2D eigenvalue weighted by Gasteiger charge is 2.20. The Labute approximate surface area is 154 Å². The van der Waals surface area contributed by atoms with Gasteiger partial charge in [0.05, 0.1) is 10.4 Å². The molecule has 1 aliphatic heterocycles. The smallest absolute Gasteiger partial charge is 0.268 e. The van der Waals surface area contributed by atoms with Gasteiger partial charge in [-0.2, -0.15) is 0 Å². The van der Waals surface area contributed by atoms with Crippen LogP contribution in [0.2, 0.25) is 0 Å². The molecular weight excluding hydrogens is 346 g/mol. The summed E-state index contributed by atoms with van der Waals surface area (Å²) in [6.07, 6.45) is 1.65. The van der Waals surface area contributed by atoms with Gasteiger partial charge in [0.15, 0.2) is 0 Å². The standard InChI is InChI=1S/C20H23N3O2S/c1-16-3-6-19(7-4-16)26(24,25)23-10-9-17-15-18(5-8-20(17)23)22-13-11-21(2)12-14-22/h3-10,15H,11-14H2,1-2H3. The number of benzene rings is 2. The van der Waals surface area contributed by atoms with Crippen LogP contribution in [0.1, 0.15) is 5.56 Å². The van der Waals surface area contributed by atoms with Gasteiger partial charge in [0.25, 0.3) is 10.0 Å². The summed E-state index contributed by atoms with van der Waals surface area (Å²) in [7, 11) is -1.45. The third-order valence-corrected chi connectivity index (χ3v) is 6.79. The summed E-state index contributed by atoms with van der Waals surface area (Å²) >= 11 is 0. The van der Waals surface area contributed by atoms with E-state index in [9.17, 15) is 8.42 Å². The van der Waals surface area contributed by atoms with Crippen LogP contribution in [-0.2, 0) is 10.0 Å². The number of hydrogen-bond acceptors (Lipinski definition) is 4. The topological polar surface area (TPSA) is 45.6 Å². The molecule has 1 saturated heterocycles. The molecule has 1 fully saturated rings. The van der Waals surface area contributed by atoms with E-state index in [1.165, 1.54) is 3.97 Å². The average molecular weight is 369 g/mol. The molecule has 0 radical (unpaired) electrons. The Kier molecular flexibility index (Phi) is 4.25. The molecule has 4 rings (SSSR count). The maximum absolute atomic E-state index is 13.0. The summed E-state index contributed by atoms with van der Waals surface area (Å²) in [5.41, 5.74) is 2.90. The molecule has 0 N–H and O–H groups in total. The highest BCUT2D eigenvalue weighted by atomic mass is 32.2. The second kappa shape index (κ2) is 6.45. The van der Waals surface area contributed by atoms with E-state index in [4.69, 9.17) is 0 Å². The van der Waals surface area contributed by atoms with Crippen molar-refractivity contribution in [1.29, 1.82) is 0 Å². The van der Waals surface area contributed by atoms with E-state index in [0.717, 1.165) is 42.8 Å². The summed E-state index contributed by atoms with van der Waals surface area (Å²) in [5, 5.41) is 0.942. The number of piperazine rings is 1. The van der Waals surface area contributed by atoms with Gasteiger partial charge < -0.3 is 9.80 Å². The van der Waals surface area contributed by atoms with E-state index in [1.807, 2.05) is 37.3 Å². The van der Waals surface area contributed by atoms with Gasteiger partial charge in [-0.3, -0.25) is 0 Å². The van der Waals surface area contributed by atoms with Crippen LogP contribution in [0.4, 0.5) is 5.69 Å². The summed E-state index contributed by atoms with van der Waals surface area (Å²) < 4.78 is 27.4. The van der Waals surface area contributed by atoms with Crippen LogP contribution in [0, 0.1) is 6.92 Å². The molecule has 0 unspecified atom stereocenters. The number of anilines is 1. The van der Waals surface area contributed by atoms with E-state index >= 15 is 0 Å². The summed E-state index contributed by atoms with van der Waals surface area (Å²) in [5.74, 6) is 0. The lowest BCUT2D eigenvalue weighted by atomic mass is 10.2. The lowest BCUT2D eigenvalue weighted by Gasteiger charge is -2.34. The molecule has 1 aliphatic rings. The van der Waals surface area contributed by atoms with Crippen molar-refractivity contribution >= 4 is 26.6 Å². The van der Waals surface area contributed by atoms with Gasteiger partial charge >= 0.3 is 0 Å². The summed E-state index contributed by atoms with van der Waals surface area (Å²) in [6.45, 7) is 6.01. The van der Waals surface area contributed by atoms with Crippen molar-refractivity contribution in [2.45, 2.75) is 11.8 Å². The Morgan fingerprint density at radius 1 is 0.885 bits per heavy atom. The number of hydrogen-bond donors (Lipinski definition) is 0. The minimum Gasteiger partial charge on any atom is -0.369 e. The van der Waals surface area contributed by atoms with Gasteiger partial charge in [0.2, 0.25) is 0 Å². The Hall–Kier alpha value is -2.31. The molecule has 0 amide bonds. The monoisotopic (exact) mass is 369 g/mol. The fourth-order valence-electron chi connectivity index (χ4n) is 3.40. The van der Waals surface area contributed by atoms with Crippen molar-refractivity contribution in [1.82, 2.24) is 8.87 Å². The van der Waals surface area contributed by atoms with Crippen LogP contribution >= 0.6 is 0 Å². The zero-order valence-corrected chi connectivity index (χ0v) is 15.9. The first-order chi connectivity index (χ1) is 12.4. The quantitative estimate of drug-likeness (QED) is 0.712. The highest BCUT2D eigenvalue weighted by molar-refractivity contribution is 7.90. The Balaban J connectivity index is 1.70. The average Bonchev–Trinajstić information content (AvgIpc) is 3.06. The van der Waals surface area contributed by atoms with Gasteiger partial charge in [-0.15, -0.1) is 0 Å². The van der Waals surface area contributed by atoms with Crippen molar-refractivity contribution in [2.75, 3.05) is 38.1 Å².